The van der Waals surface area contributed by atoms with Crippen LogP contribution in [0, 0.1) is 0 Å². The molecule has 0 bridgehead atoms. The van der Waals surface area contributed by atoms with Gasteiger partial charge < -0.3 is 9.47 Å². The first kappa shape index (κ1) is 19.9. The molecule has 5 rings (SSSR count). The van der Waals surface area contributed by atoms with E-state index in [0.29, 0.717) is 37.7 Å². The lowest BCUT2D eigenvalue weighted by Gasteiger charge is -2.26. The van der Waals surface area contributed by atoms with Gasteiger partial charge in [0.25, 0.3) is 5.56 Å². The van der Waals surface area contributed by atoms with Crippen LogP contribution in [0.1, 0.15) is 24.1 Å². The Bertz CT molecular complexity index is 1130. The van der Waals surface area contributed by atoms with Crippen molar-refractivity contribution < 1.29 is 17.9 Å². The van der Waals surface area contributed by atoms with Crippen molar-refractivity contribution in [1.29, 1.82) is 0 Å². The van der Waals surface area contributed by atoms with Crippen LogP contribution in [0.25, 0.3) is 0 Å². The average molecular weight is 450 g/mol. The van der Waals surface area contributed by atoms with E-state index in [2.05, 4.69) is 5.10 Å². The molecule has 1 fully saturated rings. The minimum atomic E-state index is -3.72. The molecule has 8 nitrogen and oxygen atoms in total. The maximum absolute atomic E-state index is 13.4. The first-order chi connectivity index (χ1) is 14.5. The highest BCUT2D eigenvalue weighted by Crippen LogP contribution is 2.35. The third-order valence-electron chi connectivity index (χ3n) is 5.73. The van der Waals surface area contributed by atoms with E-state index in [1.165, 1.54) is 15.1 Å². The third kappa shape index (κ3) is 3.61. The van der Waals surface area contributed by atoms with Gasteiger partial charge >= 0.3 is 0 Å². The number of thioether (sulfide) groups is 1. The van der Waals surface area contributed by atoms with Crippen molar-refractivity contribution in [1.82, 2.24) is 14.1 Å². The van der Waals surface area contributed by atoms with Crippen LogP contribution < -0.4 is 15.0 Å². The minimum Gasteiger partial charge on any atom is -0.486 e. The lowest BCUT2D eigenvalue weighted by molar-refractivity contribution is 0.171. The lowest BCUT2D eigenvalue weighted by Crippen LogP contribution is -2.41. The summed E-state index contributed by atoms with van der Waals surface area (Å²) in [4.78, 5) is 12.7. The number of rotatable bonds is 4. The smallest absolute Gasteiger partial charge is 0.267 e. The fourth-order valence-corrected chi connectivity index (χ4v) is 6.86. The van der Waals surface area contributed by atoms with Crippen LogP contribution in [0.2, 0.25) is 0 Å². The number of aryl methyl sites for hydroxylation is 1. The molecule has 10 heteroatoms. The molecule has 0 spiro atoms. The van der Waals surface area contributed by atoms with E-state index in [1.807, 2.05) is 0 Å². The fraction of sp³-hybridized carbons (Fsp3) is 0.500. The van der Waals surface area contributed by atoms with Gasteiger partial charge in [0.05, 0.1) is 17.1 Å². The predicted molar refractivity (Wildman–Crippen MR) is 113 cm³/mol. The zero-order chi connectivity index (χ0) is 20.7. The predicted octanol–water partition coefficient (Wildman–Crippen LogP) is 1.66. The molecule has 0 aliphatic carbocycles. The van der Waals surface area contributed by atoms with Crippen LogP contribution in [0.5, 0.6) is 11.5 Å². The van der Waals surface area contributed by atoms with E-state index in [0.717, 1.165) is 35.6 Å². The number of sulfonamides is 1. The van der Waals surface area contributed by atoms with Gasteiger partial charge in [-0.1, -0.05) is 0 Å². The van der Waals surface area contributed by atoms with E-state index in [9.17, 15) is 13.2 Å². The number of ether oxygens (including phenoxy) is 2. The van der Waals surface area contributed by atoms with E-state index < -0.39 is 10.0 Å². The van der Waals surface area contributed by atoms with Gasteiger partial charge in [-0.15, -0.1) is 0 Å². The largest absolute Gasteiger partial charge is 0.486 e. The molecule has 0 amide bonds. The highest BCUT2D eigenvalue weighted by atomic mass is 32.2. The summed E-state index contributed by atoms with van der Waals surface area (Å²) < 4.78 is 40.7. The molecule has 3 aliphatic rings. The maximum Gasteiger partial charge on any atom is 0.267 e. The SMILES string of the molecule is O=c1cc2c(nn1CC1CCCN1S(=O)(=O)c1ccc3c(c1)OCCO3)CCSC2. The molecule has 0 radical (unpaired) electrons. The number of benzene rings is 1. The molecule has 3 aliphatic heterocycles. The van der Waals surface area contributed by atoms with Crippen molar-refractivity contribution in [3.05, 3.63) is 45.9 Å². The molecular formula is C20H23N3O5S2. The third-order valence-corrected chi connectivity index (χ3v) is 8.69. The van der Waals surface area contributed by atoms with Crippen LogP contribution in [0.4, 0.5) is 0 Å². The second-order valence-corrected chi connectivity index (χ2v) is 10.7. The summed E-state index contributed by atoms with van der Waals surface area (Å²) in [5.41, 5.74) is 1.78. The summed E-state index contributed by atoms with van der Waals surface area (Å²) in [7, 11) is -3.72. The number of aromatic nitrogens is 2. The first-order valence-electron chi connectivity index (χ1n) is 10.1. The van der Waals surface area contributed by atoms with Gasteiger partial charge in [-0.25, -0.2) is 13.1 Å². The van der Waals surface area contributed by atoms with E-state index >= 15 is 0 Å². The average Bonchev–Trinajstić information content (AvgIpc) is 3.23. The van der Waals surface area contributed by atoms with Gasteiger partial charge in [-0.3, -0.25) is 4.79 Å². The van der Waals surface area contributed by atoms with Crippen molar-refractivity contribution in [2.75, 3.05) is 25.5 Å². The first-order valence-corrected chi connectivity index (χ1v) is 12.7. The van der Waals surface area contributed by atoms with Crippen LogP contribution in [0.3, 0.4) is 0 Å². The molecule has 2 aromatic rings. The molecule has 0 N–H and O–H groups in total. The lowest BCUT2D eigenvalue weighted by atomic mass is 10.2. The highest BCUT2D eigenvalue weighted by Gasteiger charge is 2.36. The molecule has 0 saturated carbocycles. The Balaban J connectivity index is 1.42. The standard InChI is InChI=1S/C20H23N3O5S2/c24-20-10-14-13-29-9-5-17(14)21-22(20)12-15-2-1-6-23(15)30(25,26)16-3-4-18-19(11-16)28-8-7-27-18/h3-4,10-11,15H,1-2,5-9,12-13H2. The van der Waals surface area contributed by atoms with Crippen LogP contribution in [0.15, 0.2) is 34.0 Å². The van der Waals surface area contributed by atoms with Crippen molar-refractivity contribution in [2.45, 2.75) is 42.5 Å². The number of fused-ring (bicyclic) bond motifs is 2. The topological polar surface area (TPSA) is 90.7 Å². The molecule has 1 atom stereocenters. The molecule has 160 valence electrons. The Morgan fingerprint density at radius 2 is 2.00 bits per heavy atom. The Labute approximate surface area is 179 Å². The molecule has 1 saturated heterocycles. The van der Waals surface area contributed by atoms with Crippen molar-refractivity contribution in [2.24, 2.45) is 0 Å². The maximum atomic E-state index is 13.4. The monoisotopic (exact) mass is 449 g/mol. The van der Waals surface area contributed by atoms with Crippen LogP contribution >= 0.6 is 11.8 Å². The second kappa shape index (κ2) is 7.90. The van der Waals surface area contributed by atoms with Crippen LogP contribution in [-0.2, 0) is 28.7 Å². The molecule has 1 unspecified atom stereocenters. The number of hydrogen-bond donors (Lipinski definition) is 0. The fourth-order valence-electron chi connectivity index (χ4n) is 4.21. The zero-order valence-corrected chi connectivity index (χ0v) is 18.1. The number of hydrogen-bond acceptors (Lipinski definition) is 7. The Kier molecular flexibility index (Phi) is 5.24. The normalized spacial score (nSPS) is 21.4. The van der Waals surface area contributed by atoms with E-state index in [4.69, 9.17) is 9.47 Å². The van der Waals surface area contributed by atoms with Crippen molar-refractivity contribution in [3.8, 4) is 11.5 Å². The van der Waals surface area contributed by atoms with Crippen molar-refractivity contribution in [3.63, 3.8) is 0 Å². The van der Waals surface area contributed by atoms with Gasteiger partial charge in [0.15, 0.2) is 11.5 Å². The van der Waals surface area contributed by atoms with Crippen LogP contribution in [-0.4, -0.2) is 54.1 Å². The van der Waals surface area contributed by atoms with Gasteiger partial charge in [-0.05, 0) is 36.3 Å². The Hall–Kier alpha value is -2.04. The molecule has 1 aromatic heterocycles. The molecule has 30 heavy (non-hydrogen) atoms. The van der Waals surface area contributed by atoms with E-state index in [-0.39, 0.29) is 23.0 Å². The van der Waals surface area contributed by atoms with Crippen molar-refractivity contribution >= 4 is 21.8 Å². The molecule has 4 heterocycles. The second-order valence-electron chi connectivity index (χ2n) is 7.66. The minimum absolute atomic E-state index is 0.167. The summed E-state index contributed by atoms with van der Waals surface area (Å²) in [5, 5.41) is 4.56. The highest BCUT2D eigenvalue weighted by molar-refractivity contribution is 7.98. The summed E-state index contributed by atoms with van der Waals surface area (Å²) in [5.74, 6) is 2.81. The van der Waals surface area contributed by atoms with Gasteiger partial charge in [0.1, 0.15) is 13.2 Å². The molecule has 1 aromatic carbocycles. The Morgan fingerprint density at radius 3 is 2.87 bits per heavy atom. The summed E-state index contributed by atoms with van der Waals surface area (Å²) in [6.45, 7) is 1.55. The summed E-state index contributed by atoms with van der Waals surface area (Å²) in [6.07, 6.45) is 2.29. The summed E-state index contributed by atoms with van der Waals surface area (Å²) >= 11 is 1.80. The van der Waals surface area contributed by atoms with Gasteiger partial charge in [0, 0.05) is 36.9 Å². The van der Waals surface area contributed by atoms with Gasteiger partial charge in [-0.2, -0.15) is 21.2 Å². The molecular weight excluding hydrogens is 426 g/mol. The zero-order valence-electron chi connectivity index (χ0n) is 16.5. The number of nitrogens with zero attached hydrogens (tertiary/aromatic N) is 3. The summed E-state index contributed by atoms with van der Waals surface area (Å²) in [6, 6.07) is 6.08. The quantitative estimate of drug-likeness (QED) is 0.701. The van der Waals surface area contributed by atoms with E-state index in [1.54, 1.807) is 30.0 Å². The van der Waals surface area contributed by atoms with Gasteiger partial charge in [0.2, 0.25) is 10.0 Å². The Morgan fingerprint density at radius 1 is 1.17 bits per heavy atom.